The first kappa shape index (κ1) is 20.9. The summed E-state index contributed by atoms with van der Waals surface area (Å²) in [5.74, 6) is 1.63. The van der Waals surface area contributed by atoms with Crippen LogP contribution in [0.15, 0.2) is 34.7 Å². The molecule has 0 unspecified atom stereocenters. The van der Waals surface area contributed by atoms with Crippen molar-refractivity contribution in [2.75, 3.05) is 19.6 Å². The summed E-state index contributed by atoms with van der Waals surface area (Å²) in [4.78, 5) is 34.4. The molecule has 160 valence electrons. The molecule has 3 aliphatic heterocycles. The van der Waals surface area contributed by atoms with Crippen LogP contribution in [-0.2, 0) is 22.6 Å². The number of carbonyl (C=O) groups excluding carboxylic acids is 2. The largest absolute Gasteiger partial charge is 0.441 e. The lowest BCUT2D eigenvalue weighted by molar-refractivity contribution is -0.139. The van der Waals surface area contributed by atoms with Crippen LogP contribution in [0.3, 0.4) is 0 Å². The van der Waals surface area contributed by atoms with E-state index in [1.54, 1.807) is 0 Å². The van der Waals surface area contributed by atoms with Gasteiger partial charge in [0.25, 0.3) is 0 Å². The molecule has 30 heavy (non-hydrogen) atoms. The molecule has 8 heteroatoms. The van der Waals surface area contributed by atoms with E-state index in [0.29, 0.717) is 31.9 Å². The van der Waals surface area contributed by atoms with Crippen LogP contribution < -0.4 is 5.32 Å². The van der Waals surface area contributed by atoms with E-state index in [9.17, 15) is 9.59 Å². The van der Waals surface area contributed by atoms with E-state index in [1.807, 2.05) is 40.1 Å². The van der Waals surface area contributed by atoms with Crippen molar-refractivity contribution in [3.63, 3.8) is 0 Å². The van der Waals surface area contributed by atoms with E-state index < -0.39 is 0 Å². The fourth-order valence-corrected chi connectivity index (χ4v) is 5.11. The number of amides is 2. The molecule has 1 aromatic heterocycles. The Bertz CT molecular complexity index is 932. The molecule has 3 atom stereocenters. The third kappa shape index (κ3) is 3.50. The second-order valence-corrected chi connectivity index (χ2v) is 8.17. The number of aromatic nitrogens is 1. The van der Waals surface area contributed by atoms with E-state index in [0.717, 1.165) is 36.4 Å². The van der Waals surface area contributed by atoms with Gasteiger partial charge in [-0.15, -0.1) is 12.4 Å². The lowest BCUT2D eigenvalue weighted by Crippen LogP contribution is -2.55. The molecule has 1 N–H and O–H groups in total. The lowest BCUT2D eigenvalue weighted by atomic mass is 9.94. The van der Waals surface area contributed by atoms with Crippen molar-refractivity contribution in [2.45, 2.75) is 44.8 Å². The van der Waals surface area contributed by atoms with Gasteiger partial charge in [0.1, 0.15) is 11.5 Å². The summed E-state index contributed by atoms with van der Waals surface area (Å²) in [6.07, 6.45) is 2.23. The Morgan fingerprint density at radius 3 is 2.87 bits per heavy atom. The number of piperazine rings is 1. The predicted octanol–water partition coefficient (Wildman–Crippen LogP) is 2.25. The van der Waals surface area contributed by atoms with Crippen molar-refractivity contribution >= 4 is 24.2 Å². The quantitative estimate of drug-likeness (QED) is 0.808. The zero-order valence-corrected chi connectivity index (χ0v) is 17.9. The Morgan fingerprint density at radius 2 is 2.10 bits per heavy atom. The Labute approximate surface area is 182 Å². The summed E-state index contributed by atoms with van der Waals surface area (Å²) >= 11 is 0. The van der Waals surface area contributed by atoms with Crippen LogP contribution >= 0.6 is 12.4 Å². The first-order valence-electron chi connectivity index (χ1n) is 10.5. The van der Waals surface area contributed by atoms with Crippen LogP contribution in [0.2, 0.25) is 0 Å². The number of halogens is 1. The number of rotatable bonds is 3. The number of carbonyl (C=O) groups is 2. The number of hydrogen-bond donors (Lipinski definition) is 1. The average Bonchev–Trinajstić information content (AvgIpc) is 3.35. The summed E-state index contributed by atoms with van der Waals surface area (Å²) in [6, 6.07) is 9.98. The van der Waals surface area contributed by atoms with Crippen molar-refractivity contribution in [2.24, 2.45) is 5.92 Å². The van der Waals surface area contributed by atoms with Crippen molar-refractivity contribution in [1.82, 2.24) is 20.1 Å². The minimum absolute atomic E-state index is 0. The number of nitrogens with one attached hydrogen (secondary N) is 1. The zero-order chi connectivity index (χ0) is 20.0. The number of fused-ring (bicyclic) bond motifs is 2. The van der Waals surface area contributed by atoms with Gasteiger partial charge in [0.05, 0.1) is 19.0 Å². The van der Waals surface area contributed by atoms with Crippen molar-refractivity contribution in [3.05, 3.63) is 41.8 Å². The highest BCUT2D eigenvalue weighted by Gasteiger charge is 2.48. The lowest BCUT2D eigenvalue weighted by Gasteiger charge is -2.35. The predicted molar refractivity (Wildman–Crippen MR) is 114 cm³/mol. The van der Waals surface area contributed by atoms with Gasteiger partial charge in [-0.3, -0.25) is 9.59 Å². The normalized spacial score (nSPS) is 25.5. The van der Waals surface area contributed by atoms with Crippen LogP contribution in [-0.4, -0.2) is 58.3 Å². The maximum atomic E-state index is 13.4. The Kier molecular flexibility index (Phi) is 5.84. The Balaban J connectivity index is 0.00000218. The number of oxazole rings is 1. The van der Waals surface area contributed by atoms with Crippen LogP contribution in [0.25, 0.3) is 11.5 Å². The Morgan fingerprint density at radius 1 is 1.30 bits per heavy atom. The number of hydrogen-bond acceptors (Lipinski definition) is 5. The second kappa shape index (κ2) is 8.40. The summed E-state index contributed by atoms with van der Waals surface area (Å²) in [6.45, 7) is 4.34. The standard InChI is InChI=1S/C22H26N4O3.ClH/c1-2-18-16(10-15-11-23-12-20(27)26(15)18)22(28)25-9-8-19-17(13-25)24-21(29-19)14-6-4-3-5-7-14;/h3-7,15-16,18,23H,2,8-13H2,1H3;1H/t15-,16-,18-;/m1./s1. The first-order valence-corrected chi connectivity index (χ1v) is 10.5. The summed E-state index contributed by atoms with van der Waals surface area (Å²) < 4.78 is 5.97. The van der Waals surface area contributed by atoms with Gasteiger partial charge in [0.15, 0.2) is 0 Å². The molecule has 0 spiro atoms. The zero-order valence-electron chi connectivity index (χ0n) is 17.0. The third-order valence-electron chi connectivity index (χ3n) is 6.48. The maximum Gasteiger partial charge on any atom is 0.237 e. The highest BCUT2D eigenvalue weighted by atomic mass is 35.5. The summed E-state index contributed by atoms with van der Waals surface area (Å²) in [5.41, 5.74) is 1.80. The second-order valence-electron chi connectivity index (χ2n) is 8.17. The molecule has 1 aromatic carbocycles. The monoisotopic (exact) mass is 430 g/mol. The van der Waals surface area contributed by atoms with Crippen LogP contribution in [0.1, 0.15) is 31.2 Å². The number of nitrogens with zero attached hydrogens (tertiary/aromatic N) is 3. The molecule has 7 nitrogen and oxygen atoms in total. The van der Waals surface area contributed by atoms with Gasteiger partial charge < -0.3 is 19.5 Å². The Hall–Kier alpha value is -2.38. The highest BCUT2D eigenvalue weighted by molar-refractivity contribution is 5.85. The minimum Gasteiger partial charge on any atom is -0.441 e. The van der Waals surface area contributed by atoms with Gasteiger partial charge in [0.2, 0.25) is 17.7 Å². The SMILES string of the molecule is CC[C@@H]1[C@H](C(=O)N2CCc3oc(-c4ccccc4)nc3C2)C[C@@H]2CNCC(=O)N21.Cl. The van der Waals surface area contributed by atoms with Gasteiger partial charge in [0, 0.05) is 37.2 Å². The van der Waals surface area contributed by atoms with E-state index >= 15 is 0 Å². The van der Waals surface area contributed by atoms with Crippen LogP contribution in [0, 0.1) is 5.92 Å². The van der Waals surface area contributed by atoms with Crippen molar-refractivity contribution < 1.29 is 14.0 Å². The minimum atomic E-state index is -0.129. The van der Waals surface area contributed by atoms with Gasteiger partial charge in [-0.05, 0) is 25.0 Å². The maximum absolute atomic E-state index is 13.4. The molecule has 2 fully saturated rings. The molecule has 2 aromatic rings. The fourth-order valence-electron chi connectivity index (χ4n) is 5.11. The number of benzene rings is 1. The van der Waals surface area contributed by atoms with Gasteiger partial charge in [-0.25, -0.2) is 4.98 Å². The molecule has 5 rings (SSSR count). The van der Waals surface area contributed by atoms with Gasteiger partial charge in [-0.2, -0.15) is 0 Å². The molecule has 0 aliphatic carbocycles. The molecule has 0 bridgehead atoms. The molecule has 3 aliphatic rings. The van der Waals surface area contributed by atoms with E-state index in [2.05, 4.69) is 17.2 Å². The van der Waals surface area contributed by atoms with Crippen LogP contribution in [0.4, 0.5) is 0 Å². The molecule has 0 saturated carbocycles. The smallest absolute Gasteiger partial charge is 0.237 e. The van der Waals surface area contributed by atoms with Crippen molar-refractivity contribution in [3.8, 4) is 11.5 Å². The molecule has 2 saturated heterocycles. The van der Waals surface area contributed by atoms with E-state index in [-0.39, 0.29) is 42.2 Å². The molecular weight excluding hydrogens is 404 g/mol. The van der Waals surface area contributed by atoms with E-state index in [4.69, 9.17) is 4.42 Å². The topological polar surface area (TPSA) is 78.7 Å². The van der Waals surface area contributed by atoms with Crippen molar-refractivity contribution in [1.29, 1.82) is 0 Å². The fraction of sp³-hybridized carbons (Fsp3) is 0.500. The first-order chi connectivity index (χ1) is 14.2. The van der Waals surface area contributed by atoms with Gasteiger partial charge >= 0.3 is 0 Å². The van der Waals surface area contributed by atoms with Gasteiger partial charge in [-0.1, -0.05) is 25.1 Å². The summed E-state index contributed by atoms with van der Waals surface area (Å²) in [5, 5.41) is 3.18. The average molecular weight is 431 g/mol. The molecular formula is C22H27ClN4O3. The van der Waals surface area contributed by atoms with E-state index in [1.165, 1.54) is 0 Å². The molecule has 4 heterocycles. The summed E-state index contributed by atoms with van der Waals surface area (Å²) in [7, 11) is 0. The molecule has 2 amide bonds. The highest BCUT2D eigenvalue weighted by Crippen LogP contribution is 2.35. The third-order valence-corrected chi connectivity index (χ3v) is 6.48. The van der Waals surface area contributed by atoms with Crippen LogP contribution in [0.5, 0.6) is 0 Å². The molecule has 0 radical (unpaired) electrons.